The summed E-state index contributed by atoms with van der Waals surface area (Å²) >= 11 is 0. The molecule has 0 saturated carbocycles. The SMILES string of the molecule is CCn1cc(S(=O)(=O)Cl)cc1C(=O)N(C)C1CCOC1C. The van der Waals surface area contributed by atoms with Crippen LogP contribution in [0.5, 0.6) is 0 Å². The van der Waals surface area contributed by atoms with E-state index in [4.69, 9.17) is 15.4 Å². The van der Waals surface area contributed by atoms with Crippen LogP contribution in [0.2, 0.25) is 0 Å². The van der Waals surface area contributed by atoms with Crippen LogP contribution in [0.1, 0.15) is 30.8 Å². The highest BCUT2D eigenvalue weighted by atomic mass is 35.7. The first-order valence-corrected chi connectivity index (χ1v) is 9.10. The summed E-state index contributed by atoms with van der Waals surface area (Å²) in [5, 5.41) is 0. The Bertz CT molecular complexity index is 641. The summed E-state index contributed by atoms with van der Waals surface area (Å²) < 4.78 is 29.9. The smallest absolute Gasteiger partial charge is 0.270 e. The van der Waals surface area contributed by atoms with Gasteiger partial charge in [-0.2, -0.15) is 0 Å². The van der Waals surface area contributed by atoms with E-state index >= 15 is 0 Å². The molecule has 8 heteroatoms. The third-order valence-electron chi connectivity index (χ3n) is 3.87. The van der Waals surface area contributed by atoms with Crippen molar-refractivity contribution >= 4 is 25.6 Å². The Kier molecular flexibility index (Phi) is 4.65. The fraction of sp³-hybridized carbons (Fsp3) is 0.615. The van der Waals surface area contributed by atoms with Crippen molar-refractivity contribution in [3.63, 3.8) is 0 Å². The molecule has 2 atom stereocenters. The number of carbonyl (C=O) groups is 1. The van der Waals surface area contributed by atoms with Gasteiger partial charge < -0.3 is 14.2 Å². The van der Waals surface area contributed by atoms with Gasteiger partial charge in [-0.3, -0.25) is 4.79 Å². The standard InChI is InChI=1S/C13H19ClN2O4S/c1-4-16-8-10(21(14,18)19)7-12(16)13(17)15(3)11-5-6-20-9(11)2/h7-9,11H,4-6H2,1-3H3. The largest absolute Gasteiger partial charge is 0.376 e. The van der Waals surface area contributed by atoms with E-state index in [0.717, 1.165) is 6.42 Å². The summed E-state index contributed by atoms with van der Waals surface area (Å²) in [5.41, 5.74) is 0.318. The van der Waals surface area contributed by atoms with E-state index in [1.54, 1.807) is 16.5 Å². The Morgan fingerprint density at radius 2 is 2.24 bits per heavy atom. The lowest BCUT2D eigenvalue weighted by atomic mass is 10.1. The zero-order chi connectivity index (χ0) is 15.8. The molecule has 0 spiro atoms. The number of halogens is 1. The first kappa shape index (κ1) is 16.3. The van der Waals surface area contributed by atoms with Crippen LogP contribution in [0.25, 0.3) is 0 Å². The molecule has 1 aromatic heterocycles. The van der Waals surface area contributed by atoms with Crippen molar-refractivity contribution in [3.8, 4) is 0 Å². The second kappa shape index (κ2) is 5.98. The van der Waals surface area contributed by atoms with Crippen LogP contribution in [0, 0.1) is 0 Å². The summed E-state index contributed by atoms with van der Waals surface area (Å²) in [6, 6.07) is 1.32. The van der Waals surface area contributed by atoms with Crippen LogP contribution < -0.4 is 0 Å². The molecule has 1 aliphatic rings. The van der Waals surface area contributed by atoms with Gasteiger partial charge in [0, 0.05) is 37.1 Å². The van der Waals surface area contributed by atoms with Gasteiger partial charge in [0.05, 0.1) is 12.1 Å². The Hall–Kier alpha value is -1.05. The number of carbonyl (C=O) groups excluding carboxylic acids is 1. The lowest BCUT2D eigenvalue weighted by Gasteiger charge is -2.27. The molecule has 0 aromatic carbocycles. The lowest BCUT2D eigenvalue weighted by molar-refractivity contribution is 0.0566. The Labute approximate surface area is 129 Å². The van der Waals surface area contributed by atoms with E-state index < -0.39 is 9.05 Å². The first-order chi connectivity index (χ1) is 9.75. The number of nitrogens with zero attached hydrogens (tertiary/aromatic N) is 2. The third-order valence-corrected chi connectivity index (χ3v) is 5.19. The molecular formula is C13H19ClN2O4S. The molecule has 0 N–H and O–H groups in total. The van der Waals surface area contributed by atoms with Crippen molar-refractivity contribution in [2.75, 3.05) is 13.7 Å². The highest BCUT2D eigenvalue weighted by Crippen LogP contribution is 2.23. The normalized spacial score (nSPS) is 22.5. The molecule has 1 aromatic rings. The molecule has 6 nitrogen and oxygen atoms in total. The summed E-state index contributed by atoms with van der Waals surface area (Å²) in [5.74, 6) is -0.231. The zero-order valence-electron chi connectivity index (χ0n) is 12.2. The number of hydrogen-bond acceptors (Lipinski definition) is 4. The fourth-order valence-corrected chi connectivity index (χ4v) is 3.38. The molecular weight excluding hydrogens is 316 g/mol. The molecule has 1 fully saturated rings. The van der Waals surface area contributed by atoms with Gasteiger partial charge in [0.2, 0.25) is 0 Å². The summed E-state index contributed by atoms with van der Waals surface area (Å²) in [7, 11) is 3.21. The molecule has 0 radical (unpaired) electrons. The highest BCUT2D eigenvalue weighted by Gasteiger charge is 2.32. The van der Waals surface area contributed by atoms with Crippen LogP contribution in [-0.2, 0) is 20.3 Å². The van der Waals surface area contributed by atoms with Crippen LogP contribution in [0.15, 0.2) is 17.2 Å². The minimum Gasteiger partial charge on any atom is -0.376 e. The lowest BCUT2D eigenvalue weighted by Crippen LogP contribution is -2.41. The number of hydrogen-bond donors (Lipinski definition) is 0. The number of aryl methyl sites for hydroxylation is 1. The maximum Gasteiger partial charge on any atom is 0.270 e. The third kappa shape index (κ3) is 3.25. The monoisotopic (exact) mass is 334 g/mol. The van der Waals surface area contributed by atoms with Gasteiger partial charge >= 0.3 is 0 Å². The number of likely N-dealkylation sites (N-methyl/N-ethyl adjacent to an activating group) is 1. The molecule has 21 heavy (non-hydrogen) atoms. The Morgan fingerprint density at radius 1 is 1.57 bits per heavy atom. The fourth-order valence-electron chi connectivity index (χ4n) is 2.62. The number of aromatic nitrogens is 1. The van der Waals surface area contributed by atoms with Gasteiger partial charge in [-0.05, 0) is 26.3 Å². The summed E-state index contributed by atoms with van der Waals surface area (Å²) in [4.78, 5) is 14.2. The van der Waals surface area contributed by atoms with Crippen molar-refractivity contribution < 1.29 is 17.9 Å². The predicted molar refractivity (Wildman–Crippen MR) is 79.1 cm³/mol. The van der Waals surface area contributed by atoms with Crippen molar-refractivity contribution in [2.24, 2.45) is 0 Å². The second-order valence-electron chi connectivity index (χ2n) is 5.13. The van der Waals surface area contributed by atoms with Gasteiger partial charge in [-0.25, -0.2) is 8.42 Å². The molecule has 0 bridgehead atoms. The molecule has 2 rings (SSSR count). The summed E-state index contributed by atoms with van der Waals surface area (Å²) in [6.45, 7) is 4.87. The minimum absolute atomic E-state index is 0.00577. The average Bonchev–Trinajstić information content (AvgIpc) is 3.02. The van der Waals surface area contributed by atoms with E-state index in [-0.39, 0.29) is 22.9 Å². The molecule has 118 valence electrons. The van der Waals surface area contributed by atoms with Crippen LogP contribution >= 0.6 is 10.7 Å². The van der Waals surface area contributed by atoms with Gasteiger partial charge in [0.15, 0.2) is 0 Å². The maximum atomic E-state index is 12.6. The quantitative estimate of drug-likeness (QED) is 0.786. The van der Waals surface area contributed by atoms with E-state index in [1.807, 2.05) is 13.8 Å². The first-order valence-electron chi connectivity index (χ1n) is 6.79. The predicted octanol–water partition coefficient (Wildman–Crippen LogP) is 1.68. The molecule has 1 aliphatic heterocycles. The van der Waals surface area contributed by atoms with Crippen molar-refractivity contribution in [1.82, 2.24) is 9.47 Å². The molecule has 2 unspecified atom stereocenters. The van der Waals surface area contributed by atoms with Crippen molar-refractivity contribution in [1.29, 1.82) is 0 Å². The Morgan fingerprint density at radius 3 is 2.71 bits per heavy atom. The van der Waals surface area contributed by atoms with Crippen LogP contribution in [-0.4, -0.2) is 49.6 Å². The molecule has 1 saturated heterocycles. The van der Waals surface area contributed by atoms with Crippen molar-refractivity contribution in [2.45, 2.75) is 43.9 Å². The van der Waals surface area contributed by atoms with E-state index in [9.17, 15) is 13.2 Å². The minimum atomic E-state index is -3.85. The number of amides is 1. The van der Waals surface area contributed by atoms with Crippen LogP contribution in [0.3, 0.4) is 0 Å². The van der Waals surface area contributed by atoms with Gasteiger partial charge in [0.25, 0.3) is 15.0 Å². The zero-order valence-corrected chi connectivity index (χ0v) is 13.8. The molecule has 1 amide bonds. The van der Waals surface area contributed by atoms with E-state index in [0.29, 0.717) is 18.8 Å². The number of ether oxygens (including phenoxy) is 1. The molecule has 0 aliphatic carbocycles. The second-order valence-corrected chi connectivity index (χ2v) is 7.70. The highest BCUT2D eigenvalue weighted by molar-refractivity contribution is 8.13. The van der Waals surface area contributed by atoms with Gasteiger partial charge in [-0.15, -0.1) is 0 Å². The summed E-state index contributed by atoms with van der Waals surface area (Å²) in [6.07, 6.45) is 2.13. The van der Waals surface area contributed by atoms with Crippen molar-refractivity contribution in [3.05, 3.63) is 18.0 Å². The van der Waals surface area contributed by atoms with Crippen LogP contribution in [0.4, 0.5) is 0 Å². The molecule has 2 heterocycles. The van der Waals surface area contributed by atoms with Gasteiger partial charge in [0.1, 0.15) is 10.6 Å². The number of rotatable bonds is 4. The Balaban J connectivity index is 2.32. The topological polar surface area (TPSA) is 68.6 Å². The average molecular weight is 335 g/mol. The van der Waals surface area contributed by atoms with E-state index in [2.05, 4.69) is 0 Å². The van der Waals surface area contributed by atoms with E-state index in [1.165, 1.54) is 12.3 Å². The maximum absolute atomic E-state index is 12.6. The van der Waals surface area contributed by atoms with Gasteiger partial charge in [-0.1, -0.05) is 0 Å².